The maximum atomic E-state index is 12.3. The van der Waals surface area contributed by atoms with Crippen molar-refractivity contribution in [3.05, 3.63) is 51.0 Å². The fourth-order valence-electron chi connectivity index (χ4n) is 1.99. The van der Waals surface area contributed by atoms with Gasteiger partial charge in [-0.15, -0.1) is 0 Å². The molecular formula is C14H13NO6. The first-order valence-electron chi connectivity index (χ1n) is 6.18. The van der Waals surface area contributed by atoms with Crippen molar-refractivity contribution < 1.29 is 24.0 Å². The molecule has 7 heteroatoms. The molecule has 1 aliphatic rings. The van der Waals surface area contributed by atoms with E-state index in [0.717, 1.165) is 0 Å². The summed E-state index contributed by atoms with van der Waals surface area (Å²) in [5.74, 6) is -0.426. The molecule has 0 radical (unpaired) electrons. The molecule has 21 heavy (non-hydrogen) atoms. The molecule has 0 aromatic heterocycles. The van der Waals surface area contributed by atoms with Crippen LogP contribution in [0.25, 0.3) is 0 Å². The van der Waals surface area contributed by atoms with Crippen LogP contribution in [0, 0.1) is 17.0 Å². The standard InChI is InChI=1S/C14H13NO6/c1-8-5-10(3-4-11(8)15(18)19)13(17)14-12(6-9(2)16)20-7-21-14/h3-5H,6-7H2,1-2H3. The minimum absolute atomic E-state index is 0.0153. The van der Waals surface area contributed by atoms with Crippen molar-refractivity contribution in [1.82, 2.24) is 0 Å². The van der Waals surface area contributed by atoms with Crippen molar-refractivity contribution in [1.29, 1.82) is 0 Å². The molecule has 0 spiro atoms. The van der Waals surface area contributed by atoms with Crippen LogP contribution < -0.4 is 0 Å². The fourth-order valence-corrected chi connectivity index (χ4v) is 1.99. The van der Waals surface area contributed by atoms with Gasteiger partial charge < -0.3 is 9.47 Å². The van der Waals surface area contributed by atoms with Crippen LogP contribution >= 0.6 is 0 Å². The molecule has 1 aliphatic heterocycles. The molecule has 1 aromatic rings. The van der Waals surface area contributed by atoms with E-state index in [1.165, 1.54) is 25.1 Å². The van der Waals surface area contributed by atoms with Gasteiger partial charge in [-0.25, -0.2) is 0 Å². The zero-order valence-corrected chi connectivity index (χ0v) is 11.5. The third kappa shape index (κ3) is 3.07. The number of carbonyl (C=O) groups is 2. The van der Waals surface area contributed by atoms with Crippen LogP contribution in [0.5, 0.6) is 0 Å². The predicted octanol–water partition coefficient (Wildman–Crippen LogP) is 2.28. The molecule has 110 valence electrons. The number of nitro benzene ring substituents is 1. The van der Waals surface area contributed by atoms with Crippen LogP contribution in [0.1, 0.15) is 29.3 Å². The van der Waals surface area contributed by atoms with Crippen LogP contribution in [0.3, 0.4) is 0 Å². The van der Waals surface area contributed by atoms with Crippen LogP contribution in [0.15, 0.2) is 29.7 Å². The smallest absolute Gasteiger partial charge is 0.272 e. The van der Waals surface area contributed by atoms with E-state index in [2.05, 4.69) is 0 Å². The summed E-state index contributed by atoms with van der Waals surface area (Å²) >= 11 is 0. The number of rotatable bonds is 5. The lowest BCUT2D eigenvalue weighted by atomic mass is 10.0. The van der Waals surface area contributed by atoms with Crippen molar-refractivity contribution in [2.75, 3.05) is 6.79 Å². The number of hydrogen-bond acceptors (Lipinski definition) is 6. The molecule has 0 amide bonds. The Hall–Kier alpha value is -2.70. The van der Waals surface area contributed by atoms with E-state index in [1.54, 1.807) is 6.92 Å². The second kappa shape index (κ2) is 5.74. The van der Waals surface area contributed by atoms with E-state index in [1.807, 2.05) is 0 Å². The Bertz CT molecular complexity index is 661. The Kier molecular flexibility index (Phi) is 4.02. The average Bonchev–Trinajstić information content (AvgIpc) is 2.84. The Morgan fingerprint density at radius 2 is 2.05 bits per heavy atom. The normalized spacial score (nSPS) is 13.6. The summed E-state index contributed by atoms with van der Waals surface area (Å²) in [6.07, 6.45) is -0.0208. The number of nitro groups is 1. The number of ether oxygens (including phenoxy) is 2. The lowest BCUT2D eigenvalue weighted by Crippen LogP contribution is -2.07. The summed E-state index contributed by atoms with van der Waals surface area (Å²) in [7, 11) is 0. The summed E-state index contributed by atoms with van der Waals surface area (Å²) < 4.78 is 10.2. The maximum absolute atomic E-state index is 12.3. The van der Waals surface area contributed by atoms with Gasteiger partial charge in [-0.05, 0) is 26.0 Å². The molecule has 0 atom stereocenters. The molecule has 1 heterocycles. The lowest BCUT2D eigenvalue weighted by Gasteiger charge is -2.04. The fraction of sp³-hybridized carbons (Fsp3) is 0.286. The number of ketones is 2. The molecule has 0 bridgehead atoms. The van der Waals surface area contributed by atoms with Crippen molar-refractivity contribution in [2.45, 2.75) is 20.3 Å². The molecule has 0 unspecified atom stereocenters. The number of aryl methyl sites for hydroxylation is 1. The van der Waals surface area contributed by atoms with Gasteiger partial charge in [0, 0.05) is 17.2 Å². The first-order valence-corrected chi connectivity index (χ1v) is 6.18. The summed E-state index contributed by atoms with van der Waals surface area (Å²) in [5, 5.41) is 10.8. The van der Waals surface area contributed by atoms with Gasteiger partial charge in [0.25, 0.3) is 5.69 Å². The monoisotopic (exact) mass is 291 g/mol. The molecule has 2 rings (SSSR count). The number of nitrogens with zero attached hydrogens (tertiary/aromatic N) is 1. The highest BCUT2D eigenvalue weighted by Crippen LogP contribution is 2.26. The Balaban J connectivity index is 2.33. The van der Waals surface area contributed by atoms with Crippen LogP contribution in [0.2, 0.25) is 0 Å². The SMILES string of the molecule is CC(=O)CC1=C(C(=O)c2ccc([N+](=O)[O-])c(C)c2)OCO1. The molecular weight excluding hydrogens is 278 g/mol. The van der Waals surface area contributed by atoms with E-state index < -0.39 is 10.7 Å². The van der Waals surface area contributed by atoms with Gasteiger partial charge in [-0.1, -0.05) is 0 Å². The topological polar surface area (TPSA) is 95.7 Å². The summed E-state index contributed by atoms with van der Waals surface area (Å²) in [5.41, 5.74) is 0.561. The van der Waals surface area contributed by atoms with Crippen molar-refractivity contribution in [3.63, 3.8) is 0 Å². The van der Waals surface area contributed by atoms with E-state index in [4.69, 9.17) is 9.47 Å². The number of carbonyl (C=O) groups excluding carboxylic acids is 2. The van der Waals surface area contributed by atoms with Crippen LogP contribution in [-0.2, 0) is 14.3 Å². The first-order chi connectivity index (χ1) is 9.90. The second-order valence-electron chi connectivity index (χ2n) is 4.63. The minimum atomic E-state index is -0.515. The Morgan fingerprint density at radius 1 is 1.33 bits per heavy atom. The van der Waals surface area contributed by atoms with Crippen molar-refractivity contribution >= 4 is 17.3 Å². The van der Waals surface area contributed by atoms with Gasteiger partial charge in [0.2, 0.25) is 18.3 Å². The highest BCUT2D eigenvalue weighted by atomic mass is 16.7. The third-order valence-corrected chi connectivity index (χ3v) is 2.96. The minimum Gasteiger partial charge on any atom is -0.457 e. The summed E-state index contributed by atoms with van der Waals surface area (Å²) in [4.78, 5) is 33.7. The molecule has 0 N–H and O–H groups in total. The number of Topliss-reactive ketones (excluding diaryl/α,β-unsaturated/α-hetero) is 2. The largest absolute Gasteiger partial charge is 0.457 e. The zero-order chi connectivity index (χ0) is 15.6. The first kappa shape index (κ1) is 14.7. The highest BCUT2D eigenvalue weighted by Gasteiger charge is 2.27. The molecule has 1 aromatic carbocycles. The van der Waals surface area contributed by atoms with Gasteiger partial charge in [0.1, 0.15) is 5.78 Å². The van der Waals surface area contributed by atoms with Crippen LogP contribution in [-0.4, -0.2) is 23.3 Å². The number of allylic oxidation sites excluding steroid dienone is 2. The number of hydrogen-bond donors (Lipinski definition) is 0. The molecule has 0 aliphatic carbocycles. The molecule has 7 nitrogen and oxygen atoms in total. The van der Waals surface area contributed by atoms with Gasteiger partial charge in [0.05, 0.1) is 11.3 Å². The van der Waals surface area contributed by atoms with Crippen LogP contribution in [0.4, 0.5) is 5.69 Å². The molecule has 0 saturated carbocycles. The maximum Gasteiger partial charge on any atom is 0.272 e. The summed E-state index contributed by atoms with van der Waals surface area (Å²) in [6.45, 7) is 2.81. The van der Waals surface area contributed by atoms with Crippen molar-refractivity contribution in [3.8, 4) is 0 Å². The quantitative estimate of drug-likeness (QED) is 0.469. The number of benzene rings is 1. The molecule has 0 fully saturated rings. The lowest BCUT2D eigenvalue weighted by molar-refractivity contribution is -0.385. The Morgan fingerprint density at radius 3 is 2.62 bits per heavy atom. The van der Waals surface area contributed by atoms with E-state index in [-0.39, 0.29) is 41.8 Å². The van der Waals surface area contributed by atoms with E-state index in [0.29, 0.717) is 5.56 Å². The molecule has 0 saturated heterocycles. The predicted molar refractivity (Wildman–Crippen MR) is 71.5 cm³/mol. The van der Waals surface area contributed by atoms with E-state index in [9.17, 15) is 19.7 Å². The highest BCUT2D eigenvalue weighted by molar-refractivity contribution is 6.08. The average molecular weight is 291 g/mol. The second-order valence-corrected chi connectivity index (χ2v) is 4.63. The Labute approximate surface area is 120 Å². The third-order valence-electron chi connectivity index (χ3n) is 2.96. The van der Waals surface area contributed by atoms with Gasteiger partial charge in [-0.3, -0.25) is 19.7 Å². The van der Waals surface area contributed by atoms with Gasteiger partial charge in [0.15, 0.2) is 5.76 Å². The summed E-state index contributed by atoms with van der Waals surface area (Å²) in [6, 6.07) is 4.04. The van der Waals surface area contributed by atoms with E-state index >= 15 is 0 Å². The van der Waals surface area contributed by atoms with Gasteiger partial charge >= 0.3 is 0 Å². The van der Waals surface area contributed by atoms with Gasteiger partial charge in [-0.2, -0.15) is 0 Å². The van der Waals surface area contributed by atoms with Crippen molar-refractivity contribution in [2.24, 2.45) is 0 Å². The zero-order valence-electron chi connectivity index (χ0n) is 11.5.